The summed E-state index contributed by atoms with van der Waals surface area (Å²) in [6.45, 7) is 6.23. The molecule has 2 atom stereocenters. The summed E-state index contributed by atoms with van der Waals surface area (Å²) in [7, 11) is -3.37. The maximum absolute atomic E-state index is 13.0. The maximum atomic E-state index is 13.0. The molecule has 1 N–H and O–H groups in total. The fourth-order valence-corrected chi connectivity index (χ4v) is 4.38. The summed E-state index contributed by atoms with van der Waals surface area (Å²) in [5, 5.41) is 2.64. The molecule has 2 amide bonds. The van der Waals surface area contributed by atoms with Gasteiger partial charge in [-0.15, -0.1) is 0 Å². The Hall–Kier alpha value is -2.74. The normalized spacial score (nSPS) is 19.4. The predicted octanol–water partition coefficient (Wildman–Crippen LogP) is 3.04. The van der Waals surface area contributed by atoms with Gasteiger partial charge in [0, 0.05) is 18.5 Å². The van der Waals surface area contributed by atoms with Crippen molar-refractivity contribution in [3.05, 3.63) is 53.3 Å². The maximum Gasteiger partial charge on any atom is 0.313 e. The first-order chi connectivity index (χ1) is 14.1. The van der Waals surface area contributed by atoms with Gasteiger partial charge in [-0.1, -0.05) is 19.1 Å². The lowest BCUT2D eigenvalue weighted by Crippen LogP contribution is -2.46. The number of nitrogens with zero attached hydrogens (tertiary/aromatic N) is 2. The Morgan fingerprint density at radius 2 is 1.90 bits per heavy atom. The Kier molecular flexibility index (Phi) is 6.26. The van der Waals surface area contributed by atoms with Crippen LogP contribution in [0.2, 0.25) is 0 Å². The minimum atomic E-state index is -3.37. The number of likely N-dealkylation sites (tertiary alicyclic amines) is 1. The number of nitrogens with one attached hydrogen (secondary N) is 1. The van der Waals surface area contributed by atoms with Gasteiger partial charge in [0.2, 0.25) is 0 Å². The molecule has 1 aliphatic heterocycles. The summed E-state index contributed by atoms with van der Waals surface area (Å²) in [6, 6.07) is 8.05. The van der Waals surface area contributed by atoms with Gasteiger partial charge in [-0.2, -0.15) is 0 Å². The molecule has 1 fully saturated rings. The van der Waals surface area contributed by atoms with Crippen LogP contribution in [0.4, 0.5) is 5.69 Å². The molecule has 0 radical (unpaired) electrons. The number of amides is 2. The summed E-state index contributed by atoms with van der Waals surface area (Å²) in [5.41, 5.74) is 2.97. The fourth-order valence-electron chi connectivity index (χ4n) is 3.70. The molecule has 160 valence electrons. The minimum absolute atomic E-state index is 0.205. The molecule has 30 heavy (non-hydrogen) atoms. The van der Waals surface area contributed by atoms with Crippen LogP contribution in [0, 0.1) is 19.8 Å². The number of hydrogen-bond donors (Lipinski definition) is 1. The average Bonchev–Trinajstić information content (AvgIpc) is 2.69. The van der Waals surface area contributed by atoms with Gasteiger partial charge >= 0.3 is 11.8 Å². The summed E-state index contributed by atoms with van der Waals surface area (Å²) in [5.74, 6) is -1.10. The van der Waals surface area contributed by atoms with E-state index in [0.717, 1.165) is 29.5 Å². The number of piperidine rings is 1. The molecule has 0 unspecified atom stereocenters. The van der Waals surface area contributed by atoms with E-state index in [9.17, 15) is 18.0 Å². The van der Waals surface area contributed by atoms with E-state index in [1.54, 1.807) is 29.2 Å². The average molecular weight is 430 g/mol. The molecule has 1 aliphatic rings. The molecule has 8 heteroatoms. The van der Waals surface area contributed by atoms with Crippen molar-refractivity contribution in [1.29, 1.82) is 0 Å². The minimum Gasteiger partial charge on any atom is -0.327 e. The number of benzene rings is 1. The fraction of sp³-hybridized carbons (Fsp3) is 0.409. The van der Waals surface area contributed by atoms with Gasteiger partial charge in [0.05, 0.1) is 22.8 Å². The SMILES string of the molecule is Cc1cc(NC(=O)C(=O)N2C[C@@H](C)CC[C@@H]2c2cccc(S(C)(=O)=O)c2)cnc1C. The van der Waals surface area contributed by atoms with Gasteiger partial charge in [-0.3, -0.25) is 14.6 Å². The molecule has 0 spiro atoms. The lowest BCUT2D eigenvalue weighted by molar-refractivity contribution is -0.146. The molecule has 7 nitrogen and oxygen atoms in total. The number of carbonyl (C=O) groups is 2. The Morgan fingerprint density at radius 3 is 2.57 bits per heavy atom. The molecule has 0 saturated carbocycles. The highest BCUT2D eigenvalue weighted by atomic mass is 32.2. The van der Waals surface area contributed by atoms with E-state index in [2.05, 4.69) is 10.3 Å². The molecule has 1 aromatic heterocycles. The zero-order chi connectivity index (χ0) is 22.1. The zero-order valence-electron chi connectivity index (χ0n) is 17.7. The first-order valence-corrected chi connectivity index (χ1v) is 11.8. The van der Waals surface area contributed by atoms with Crippen molar-refractivity contribution in [3.63, 3.8) is 0 Å². The smallest absolute Gasteiger partial charge is 0.313 e. The third kappa shape index (κ3) is 4.87. The van der Waals surface area contributed by atoms with Crippen molar-refractivity contribution in [3.8, 4) is 0 Å². The number of aryl methyl sites for hydroxylation is 2. The molecule has 1 saturated heterocycles. The van der Waals surface area contributed by atoms with E-state index in [-0.39, 0.29) is 16.9 Å². The van der Waals surface area contributed by atoms with Crippen LogP contribution in [-0.2, 0) is 19.4 Å². The van der Waals surface area contributed by atoms with Crippen LogP contribution in [0.25, 0.3) is 0 Å². The molecule has 3 rings (SSSR count). The van der Waals surface area contributed by atoms with Crippen LogP contribution in [-0.4, -0.2) is 42.9 Å². The number of sulfone groups is 1. The zero-order valence-corrected chi connectivity index (χ0v) is 18.5. The second kappa shape index (κ2) is 8.55. The summed E-state index contributed by atoms with van der Waals surface area (Å²) >= 11 is 0. The van der Waals surface area contributed by atoms with Crippen LogP contribution in [0.15, 0.2) is 41.4 Å². The first kappa shape index (κ1) is 22.0. The Balaban J connectivity index is 1.86. The van der Waals surface area contributed by atoms with E-state index < -0.39 is 21.7 Å². The van der Waals surface area contributed by atoms with Gasteiger partial charge in [-0.25, -0.2) is 8.42 Å². The number of carbonyl (C=O) groups excluding carboxylic acids is 2. The van der Waals surface area contributed by atoms with Crippen LogP contribution < -0.4 is 5.32 Å². The molecular weight excluding hydrogens is 402 g/mol. The molecule has 0 bridgehead atoms. The quantitative estimate of drug-likeness (QED) is 0.757. The van der Waals surface area contributed by atoms with E-state index in [0.29, 0.717) is 18.7 Å². The number of aromatic nitrogens is 1. The van der Waals surface area contributed by atoms with E-state index >= 15 is 0 Å². The lowest BCUT2D eigenvalue weighted by Gasteiger charge is -2.38. The predicted molar refractivity (Wildman–Crippen MR) is 115 cm³/mol. The Labute approximate surface area is 177 Å². The molecular formula is C22H27N3O4S. The number of hydrogen-bond acceptors (Lipinski definition) is 5. The van der Waals surface area contributed by atoms with Crippen LogP contribution in [0.5, 0.6) is 0 Å². The van der Waals surface area contributed by atoms with Crippen molar-refractivity contribution in [2.24, 2.45) is 5.92 Å². The van der Waals surface area contributed by atoms with E-state index in [1.165, 1.54) is 12.3 Å². The van der Waals surface area contributed by atoms with Crippen LogP contribution in [0.1, 0.15) is 42.6 Å². The highest BCUT2D eigenvalue weighted by molar-refractivity contribution is 7.90. The molecule has 2 heterocycles. The van der Waals surface area contributed by atoms with E-state index in [4.69, 9.17) is 0 Å². The third-order valence-electron chi connectivity index (χ3n) is 5.54. The van der Waals surface area contributed by atoms with Gasteiger partial charge < -0.3 is 10.2 Å². The van der Waals surface area contributed by atoms with Crippen LogP contribution >= 0.6 is 0 Å². The van der Waals surface area contributed by atoms with Gasteiger partial charge in [0.25, 0.3) is 0 Å². The molecule has 2 aromatic rings. The van der Waals surface area contributed by atoms with Gasteiger partial charge in [0.15, 0.2) is 9.84 Å². The lowest BCUT2D eigenvalue weighted by atomic mass is 9.90. The number of pyridine rings is 1. The van der Waals surface area contributed by atoms with Crippen molar-refractivity contribution in [2.75, 3.05) is 18.1 Å². The largest absolute Gasteiger partial charge is 0.327 e. The second-order valence-corrected chi connectivity index (χ2v) is 10.1. The highest BCUT2D eigenvalue weighted by Crippen LogP contribution is 2.34. The standard InChI is InChI=1S/C22H27N3O4S/c1-14-8-9-20(17-6-5-7-19(11-17)30(4,28)29)25(13-14)22(27)21(26)24-18-10-15(2)16(3)23-12-18/h5-7,10-12,14,20H,8-9,13H2,1-4H3,(H,24,26)/t14-,20+/m0/s1. The van der Waals surface area contributed by atoms with Crippen molar-refractivity contribution >= 4 is 27.3 Å². The van der Waals surface area contributed by atoms with E-state index in [1.807, 2.05) is 20.8 Å². The monoisotopic (exact) mass is 429 g/mol. The van der Waals surface area contributed by atoms with Crippen LogP contribution in [0.3, 0.4) is 0 Å². The van der Waals surface area contributed by atoms with Crippen molar-refractivity contribution in [2.45, 2.75) is 44.6 Å². The van der Waals surface area contributed by atoms with Gasteiger partial charge in [0.1, 0.15) is 0 Å². The first-order valence-electron chi connectivity index (χ1n) is 9.91. The topological polar surface area (TPSA) is 96.4 Å². The summed E-state index contributed by atoms with van der Waals surface area (Å²) in [6.07, 6.45) is 4.24. The Morgan fingerprint density at radius 1 is 1.17 bits per heavy atom. The highest BCUT2D eigenvalue weighted by Gasteiger charge is 2.34. The van der Waals surface area contributed by atoms with Crippen molar-refractivity contribution < 1.29 is 18.0 Å². The third-order valence-corrected chi connectivity index (χ3v) is 6.65. The summed E-state index contributed by atoms with van der Waals surface area (Å²) in [4.78, 5) is 31.7. The van der Waals surface area contributed by atoms with Gasteiger partial charge in [-0.05, 0) is 61.9 Å². The van der Waals surface area contributed by atoms with Crippen molar-refractivity contribution in [1.82, 2.24) is 9.88 Å². The molecule has 0 aliphatic carbocycles. The summed E-state index contributed by atoms with van der Waals surface area (Å²) < 4.78 is 23.9. The Bertz CT molecular complexity index is 1080. The number of rotatable bonds is 3. The molecule has 1 aromatic carbocycles. The second-order valence-electron chi connectivity index (χ2n) is 8.08. The number of anilines is 1.